The Labute approximate surface area is 115 Å². The van der Waals surface area contributed by atoms with E-state index in [1.54, 1.807) is 0 Å². The molecule has 2 aromatic rings. The van der Waals surface area contributed by atoms with Gasteiger partial charge in [-0.2, -0.15) is 13.9 Å². The summed E-state index contributed by atoms with van der Waals surface area (Å²) in [6.45, 7) is -3.67. The lowest BCUT2D eigenvalue weighted by Gasteiger charge is -2.09. The zero-order valence-electron chi connectivity index (χ0n) is 10.3. The van der Waals surface area contributed by atoms with Crippen molar-refractivity contribution in [2.45, 2.75) is 13.2 Å². The number of aromatic nitrogens is 2. The first-order valence-electron chi connectivity index (χ1n) is 5.57. The number of halogens is 4. The molecule has 0 saturated carbocycles. The second kappa shape index (κ2) is 5.81. The van der Waals surface area contributed by atoms with Crippen molar-refractivity contribution in [3.8, 4) is 5.88 Å². The first-order chi connectivity index (χ1) is 9.88. The van der Waals surface area contributed by atoms with Gasteiger partial charge in [-0.05, 0) is 6.07 Å². The van der Waals surface area contributed by atoms with E-state index < -0.39 is 42.3 Å². The SMILES string of the molecule is O=C(O)c1cc(OC(F)F)n(Cc2cccc(F)c2F)n1. The Bertz CT molecular complexity index is 673. The number of rotatable bonds is 5. The van der Waals surface area contributed by atoms with Gasteiger partial charge in [0.15, 0.2) is 17.3 Å². The van der Waals surface area contributed by atoms with Gasteiger partial charge < -0.3 is 9.84 Å². The number of hydrogen-bond acceptors (Lipinski definition) is 3. The van der Waals surface area contributed by atoms with Crippen LogP contribution in [0.4, 0.5) is 17.6 Å². The van der Waals surface area contributed by atoms with E-state index in [9.17, 15) is 22.4 Å². The van der Waals surface area contributed by atoms with Gasteiger partial charge in [0.25, 0.3) is 0 Å². The highest BCUT2D eigenvalue weighted by molar-refractivity contribution is 5.85. The molecule has 0 aliphatic rings. The highest BCUT2D eigenvalue weighted by Gasteiger charge is 2.19. The van der Waals surface area contributed by atoms with Gasteiger partial charge in [0.1, 0.15) is 0 Å². The van der Waals surface area contributed by atoms with Crippen LogP contribution in [-0.4, -0.2) is 27.5 Å². The minimum atomic E-state index is -3.21. The Morgan fingerprint density at radius 1 is 1.38 bits per heavy atom. The van der Waals surface area contributed by atoms with Crippen molar-refractivity contribution in [1.82, 2.24) is 9.78 Å². The maximum atomic E-state index is 13.5. The van der Waals surface area contributed by atoms with Gasteiger partial charge in [-0.25, -0.2) is 18.3 Å². The number of ether oxygens (including phenoxy) is 1. The first-order valence-corrected chi connectivity index (χ1v) is 5.57. The molecule has 1 N–H and O–H groups in total. The minimum Gasteiger partial charge on any atom is -0.476 e. The van der Waals surface area contributed by atoms with Crippen LogP contribution in [0.25, 0.3) is 0 Å². The van der Waals surface area contributed by atoms with Crippen molar-refractivity contribution in [2.75, 3.05) is 0 Å². The largest absolute Gasteiger partial charge is 0.476 e. The monoisotopic (exact) mass is 304 g/mol. The molecule has 1 aromatic carbocycles. The molecule has 2 rings (SSSR count). The lowest BCUT2D eigenvalue weighted by atomic mass is 10.2. The first kappa shape index (κ1) is 14.8. The fourth-order valence-electron chi connectivity index (χ4n) is 1.64. The van der Waals surface area contributed by atoms with Crippen LogP contribution in [0.2, 0.25) is 0 Å². The van der Waals surface area contributed by atoms with Crippen LogP contribution in [0.15, 0.2) is 24.3 Å². The highest BCUT2D eigenvalue weighted by atomic mass is 19.3. The summed E-state index contributed by atoms with van der Waals surface area (Å²) < 4.78 is 55.9. The number of carbonyl (C=O) groups is 1. The summed E-state index contributed by atoms with van der Waals surface area (Å²) in [5.41, 5.74) is -0.739. The second-order valence-electron chi connectivity index (χ2n) is 3.92. The molecule has 21 heavy (non-hydrogen) atoms. The minimum absolute atomic E-state index is 0.186. The summed E-state index contributed by atoms with van der Waals surface area (Å²) >= 11 is 0. The zero-order chi connectivity index (χ0) is 15.6. The van der Waals surface area contributed by atoms with E-state index in [0.29, 0.717) is 4.68 Å². The zero-order valence-corrected chi connectivity index (χ0v) is 10.3. The predicted octanol–water partition coefficient (Wildman–Crippen LogP) is 2.51. The summed E-state index contributed by atoms with van der Waals surface area (Å²) in [6.07, 6.45) is 0. The number of carboxylic acids is 1. The van der Waals surface area contributed by atoms with E-state index in [1.165, 1.54) is 12.1 Å². The van der Waals surface area contributed by atoms with Crippen LogP contribution in [0.3, 0.4) is 0 Å². The van der Waals surface area contributed by atoms with Crippen molar-refractivity contribution in [3.05, 3.63) is 47.2 Å². The third-order valence-electron chi connectivity index (χ3n) is 2.52. The summed E-state index contributed by atoms with van der Waals surface area (Å²) in [6, 6.07) is 4.10. The van der Waals surface area contributed by atoms with Crippen LogP contribution in [0, 0.1) is 11.6 Å². The van der Waals surface area contributed by atoms with Crippen LogP contribution < -0.4 is 4.74 Å². The average molecular weight is 304 g/mol. The topological polar surface area (TPSA) is 64.3 Å². The fourth-order valence-corrected chi connectivity index (χ4v) is 1.64. The molecule has 1 aromatic heterocycles. The van der Waals surface area contributed by atoms with Gasteiger partial charge in [-0.1, -0.05) is 12.1 Å². The molecule has 5 nitrogen and oxygen atoms in total. The van der Waals surface area contributed by atoms with E-state index in [-0.39, 0.29) is 5.56 Å². The number of hydrogen-bond donors (Lipinski definition) is 1. The quantitative estimate of drug-likeness (QED) is 0.862. The molecule has 0 amide bonds. The summed E-state index contributed by atoms with van der Waals surface area (Å²) in [5.74, 6) is -4.32. The van der Waals surface area contributed by atoms with E-state index in [4.69, 9.17) is 5.11 Å². The molecular weight excluding hydrogens is 296 g/mol. The third-order valence-corrected chi connectivity index (χ3v) is 2.52. The van der Waals surface area contributed by atoms with Gasteiger partial charge in [0, 0.05) is 11.6 Å². The normalized spacial score (nSPS) is 10.9. The van der Waals surface area contributed by atoms with Gasteiger partial charge in [0.2, 0.25) is 5.88 Å². The number of benzene rings is 1. The van der Waals surface area contributed by atoms with Crippen LogP contribution in [0.5, 0.6) is 5.88 Å². The number of carboxylic acid groups (broad SMARTS) is 1. The Kier molecular flexibility index (Phi) is 4.10. The summed E-state index contributed by atoms with van der Waals surface area (Å²) in [7, 11) is 0. The van der Waals surface area contributed by atoms with Crippen LogP contribution >= 0.6 is 0 Å². The molecule has 9 heteroatoms. The van der Waals surface area contributed by atoms with Crippen molar-refractivity contribution in [1.29, 1.82) is 0 Å². The Morgan fingerprint density at radius 2 is 2.10 bits per heavy atom. The fraction of sp³-hybridized carbons (Fsp3) is 0.167. The number of alkyl halides is 2. The molecule has 1 heterocycles. The van der Waals surface area contributed by atoms with Gasteiger partial charge >= 0.3 is 12.6 Å². The Balaban J connectivity index is 2.37. The van der Waals surface area contributed by atoms with E-state index in [2.05, 4.69) is 9.84 Å². The lowest BCUT2D eigenvalue weighted by molar-refractivity contribution is -0.0556. The van der Waals surface area contributed by atoms with E-state index in [0.717, 1.165) is 12.1 Å². The Hall–Kier alpha value is -2.58. The summed E-state index contributed by atoms with van der Waals surface area (Å²) in [4.78, 5) is 10.8. The average Bonchev–Trinajstić information content (AvgIpc) is 2.77. The molecule has 0 saturated heterocycles. The molecule has 112 valence electrons. The molecule has 0 fully saturated rings. The smallest absolute Gasteiger partial charge is 0.388 e. The standard InChI is InChI=1S/C12H8F4N2O3/c13-7-3-1-2-6(10(7)14)5-18-9(21-12(15)16)4-8(17-18)11(19)20/h1-4,12H,5H2,(H,19,20). The molecule has 0 spiro atoms. The maximum Gasteiger partial charge on any atom is 0.388 e. The van der Waals surface area contributed by atoms with E-state index >= 15 is 0 Å². The van der Waals surface area contributed by atoms with Gasteiger partial charge in [0.05, 0.1) is 6.54 Å². The summed E-state index contributed by atoms with van der Waals surface area (Å²) in [5, 5.41) is 12.3. The van der Waals surface area contributed by atoms with E-state index in [1.807, 2.05) is 0 Å². The molecule has 0 unspecified atom stereocenters. The molecule has 0 aliphatic heterocycles. The maximum absolute atomic E-state index is 13.5. The van der Waals surface area contributed by atoms with Gasteiger partial charge in [-0.3, -0.25) is 0 Å². The van der Waals surface area contributed by atoms with Crippen molar-refractivity contribution in [2.24, 2.45) is 0 Å². The predicted molar refractivity (Wildman–Crippen MR) is 61.3 cm³/mol. The van der Waals surface area contributed by atoms with Crippen molar-refractivity contribution in [3.63, 3.8) is 0 Å². The van der Waals surface area contributed by atoms with Gasteiger partial charge in [-0.15, -0.1) is 0 Å². The van der Waals surface area contributed by atoms with Crippen LogP contribution in [0.1, 0.15) is 16.1 Å². The highest BCUT2D eigenvalue weighted by Crippen LogP contribution is 2.20. The third kappa shape index (κ3) is 3.30. The Morgan fingerprint density at radius 3 is 2.71 bits per heavy atom. The molecule has 0 bridgehead atoms. The number of aromatic carboxylic acids is 1. The molecular formula is C12H8F4N2O3. The van der Waals surface area contributed by atoms with Crippen molar-refractivity contribution >= 4 is 5.97 Å². The molecule has 0 radical (unpaired) electrons. The molecule has 0 atom stereocenters. The van der Waals surface area contributed by atoms with Crippen molar-refractivity contribution < 1.29 is 32.2 Å². The number of nitrogens with zero attached hydrogens (tertiary/aromatic N) is 2. The lowest BCUT2D eigenvalue weighted by Crippen LogP contribution is -2.11. The second-order valence-corrected chi connectivity index (χ2v) is 3.92. The molecule has 0 aliphatic carbocycles. The van der Waals surface area contributed by atoms with Crippen LogP contribution in [-0.2, 0) is 6.54 Å².